The van der Waals surface area contributed by atoms with Crippen LogP contribution < -0.4 is 0 Å². The summed E-state index contributed by atoms with van der Waals surface area (Å²) in [5.74, 6) is 0.207. The van der Waals surface area contributed by atoms with Gasteiger partial charge in [-0.3, -0.25) is 0 Å². The standard InChI is InChI=1S/C27H24O2/c1-3-17(2)20-11-6-13-22-21(20)12-7-14-23(22)27(28)29-25-16-19-10-4-8-18-9-5-15-24(25)26(18)19/h4-15,17,25H,3,16H2,1-2H3. The number of hydrogen-bond acceptors (Lipinski definition) is 2. The summed E-state index contributed by atoms with van der Waals surface area (Å²) in [6, 6.07) is 24.8. The summed E-state index contributed by atoms with van der Waals surface area (Å²) in [6.07, 6.45) is 1.58. The van der Waals surface area contributed by atoms with Gasteiger partial charge in [0, 0.05) is 12.0 Å². The van der Waals surface area contributed by atoms with Crippen molar-refractivity contribution < 1.29 is 9.53 Å². The van der Waals surface area contributed by atoms with Crippen molar-refractivity contribution in [3.63, 3.8) is 0 Å². The molecule has 1 aliphatic carbocycles. The highest BCUT2D eigenvalue weighted by molar-refractivity contribution is 6.05. The van der Waals surface area contributed by atoms with Crippen molar-refractivity contribution in [3.8, 4) is 0 Å². The van der Waals surface area contributed by atoms with Crippen molar-refractivity contribution in [1.82, 2.24) is 0 Å². The quantitative estimate of drug-likeness (QED) is 0.358. The predicted octanol–water partition coefficient (Wildman–Crippen LogP) is 6.96. The topological polar surface area (TPSA) is 26.3 Å². The van der Waals surface area contributed by atoms with Gasteiger partial charge in [0.1, 0.15) is 6.10 Å². The van der Waals surface area contributed by atoms with Crippen molar-refractivity contribution in [2.45, 2.75) is 38.7 Å². The van der Waals surface area contributed by atoms with Crippen LogP contribution in [-0.4, -0.2) is 5.97 Å². The smallest absolute Gasteiger partial charge is 0.339 e. The second-order valence-corrected chi connectivity index (χ2v) is 8.02. The van der Waals surface area contributed by atoms with E-state index >= 15 is 0 Å². The number of ether oxygens (including phenoxy) is 1. The van der Waals surface area contributed by atoms with E-state index in [9.17, 15) is 4.79 Å². The summed E-state index contributed by atoms with van der Waals surface area (Å²) in [5, 5.41) is 4.57. The second-order valence-electron chi connectivity index (χ2n) is 8.02. The Morgan fingerprint density at radius 2 is 1.69 bits per heavy atom. The normalized spacial score (nSPS) is 16.3. The maximum Gasteiger partial charge on any atom is 0.339 e. The molecule has 144 valence electrons. The SMILES string of the molecule is CCC(C)c1cccc2c(C(=O)OC3Cc4cccc5cccc3c45)cccc12. The maximum atomic E-state index is 13.2. The molecule has 0 saturated heterocycles. The molecule has 2 unspecified atom stereocenters. The van der Waals surface area contributed by atoms with Crippen molar-refractivity contribution in [3.05, 3.63) is 95.1 Å². The van der Waals surface area contributed by atoms with Crippen LogP contribution in [0.2, 0.25) is 0 Å². The summed E-state index contributed by atoms with van der Waals surface area (Å²) >= 11 is 0. The van der Waals surface area contributed by atoms with Crippen LogP contribution in [0.5, 0.6) is 0 Å². The van der Waals surface area contributed by atoms with Gasteiger partial charge in [0.15, 0.2) is 0 Å². The fourth-order valence-corrected chi connectivity index (χ4v) is 4.66. The minimum atomic E-state index is -0.244. The number of hydrogen-bond donors (Lipinski definition) is 0. The molecule has 0 aromatic heterocycles. The van der Waals surface area contributed by atoms with E-state index in [2.05, 4.69) is 56.3 Å². The van der Waals surface area contributed by atoms with E-state index in [1.54, 1.807) is 0 Å². The van der Waals surface area contributed by atoms with Crippen LogP contribution in [0.25, 0.3) is 21.5 Å². The first kappa shape index (κ1) is 17.9. The van der Waals surface area contributed by atoms with Gasteiger partial charge in [0.05, 0.1) is 5.56 Å². The largest absolute Gasteiger partial charge is 0.453 e. The fourth-order valence-electron chi connectivity index (χ4n) is 4.66. The Hall–Kier alpha value is -3.13. The number of benzene rings is 4. The lowest BCUT2D eigenvalue weighted by Gasteiger charge is -2.17. The molecule has 0 fully saturated rings. The van der Waals surface area contributed by atoms with Crippen molar-refractivity contribution >= 4 is 27.5 Å². The lowest BCUT2D eigenvalue weighted by atomic mass is 9.91. The van der Waals surface area contributed by atoms with Gasteiger partial charge in [-0.25, -0.2) is 4.79 Å². The second kappa shape index (κ2) is 7.04. The van der Waals surface area contributed by atoms with Crippen molar-refractivity contribution in [2.24, 2.45) is 0 Å². The molecule has 1 aliphatic rings. The zero-order valence-corrected chi connectivity index (χ0v) is 16.8. The van der Waals surface area contributed by atoms with Gasteiger partial charge < -0.3 is 4.74 Å². The minimum Gasteiger partial charge on any atom is -0.453 e. The third-order valence-corrected chi connectivity index (χ3v) is 6.34. The Kier molecular flexibility index (Phi) is 4.35. The summed E-state index contributed by atoms with van der Waals surface area (Å²) in [7, 11) is 0. The molecule has 5 rings (SSSR count). The Bertz CT molecular complexity index is 1230. The van der Waals surface area contributed by atoms with Gasteiger partial charge in [0.2, 0.25) is 0 Å². The van der Waals surface area contributed by atoms with Gasteiger partial charge in [-0.15, -0.1) is 0 Å². The molecule has 0 saturated carbocycles. The van der Waals surface area contributed by atoms with E-state index in [4.69, 9.17) is 4.74 Å². The Balaban J connectivity index is 1.52. The van der Waals surface area contributed by atoms with E-state index in [0.29, 0.717) is 11.5 Å². The summed E-state index contributed by atoms with van der Waals surface area (Å²) in [5.41, 5.74) is 4.31. The van der Waals surface area contributed by atoms with Gasteiger partial charge in [0.25, 0.3) is 0 Å². The third-order valence-electron chi connectivity index (χ3n) is 6.34. The van der Waals surface area contributed by atoms with E-state index in [1.165, 1.54) is 21.9 Å². The molecule has 4 aromatic rings. The molecule has 0 amide bonds. The zero-order chi connectivity index (χ0) is 20.0. The molecule has 0 bridgehead atoms. The fraction of sp³-hybridized carbons (Fsp3) is 0.222. The Morgan fingerprint density at radius 1 is 0.966 bits per heavy atom. The van der Waals surface area contributed by atoms with Crippen LogP contribution in [0.15, 0.2) is 72.8 Å². The van der Waals surface area contributed by atoms with Crippen LogP contribution >= 0.6 is 0 Å². The number of carbonyl (C=O) groups excluding carboxylic acids is 1. The predicted molar refractivity (Wildman–Crippen MR) is 118 cm³/mol. The average Bonchev–Trinajstić information content (AvgIpc) is 3.11. The lowest BCUT2D eigenvalue weighted by molar-refractivity contribution is 0.0314. The number of fused-ring (bicyclic) bond motifs is 1. The van der Waals surface area contributed by atoms with E-state index < -0.39 is 0 Å². The first-order valence-electron chi connectivity index (χ1n) is 10.4. The van der Waals surface area contributed by atoms with Crippen molar-refractivity contribution in [2.75, 3.05) is 0 Å². The molecule has 2 heteroatoms. The summed E-state index contributed by atoms with van der Waals surface area (Å²) in [6.45, 7) is 4.43. The third kappa shape index (κ3) is 2.91. The molecular formula is C27H24O2. The Labute approximate surface area is 171 Å². The van der Waals surface area contributed by atoms with E-state index in [-0.39, 0.29) is 12.1 Å². The summed E-state index contributed by atoms with van der Waals surface area (Å²) in [4.78, 5) is 13.2. The molecule has 0 spiro atoms. The highest BCUT2D eigenvalue weighted by Gasteiger charge is 2.28. The molecular weight excluding hydrogens is 356 g/mol. The summed E-state index contributed by atoms with van der Waals surface area (Å²) < 4.78 is 6.07. The van der Waals surface area contributed by atoms with Crippen LogP contribution in [0, 0.1) is 0 Å². The monoisotopic (exact) mass is 380 g/mol. The van der Waals surface area contributed by atoms with Gasteiger partial charge in [-0.1, -0.05) is 80.6 Å². The first-order chi connectivity index (χ1) is 14.2. The number of rotatable bonds is 4. The van der Waals surface area contributed by atoms with Crippen LogP contribution in [0.1, 0.15) is 59.3 Å². The lowest BCUT2D eigenvalue weighted by Crippen LogP contribution is -2.11. The van der Waals surface area contributed by atoms with Crippen LogP contribution in [0.3, 0.4) is 0 Å². The highest BCUT2D eigenvalue weighted by atomic mass is 16.5. The van der Waals surface area contributed by atoms with Crippen molar-refractivity contribution in [1.29, 1.82) is 0 Å². The Morgan fingerprint density at radius 3 is 2.52 bits per heavy atom. The molecule has 0 aliphatic heterocycles. The van der Waals surface area contributed by atoms with E-state index in [1.807, 2.05) is 30.3 Å². The first-order valence-corrected chi connectivity index (χ1v) is 10.4. The zero-order valence-electron chi connectivity index (χ0n) is 16.8. The molecule has 0 N–H and O–H groups in total. The molecule has 2 atom stereocenters. The van der Waals surface area contributed by atoms with E-state index in [0.717, 1.165) is 29.2 Å². The molecule has 29 heavy (non-hydrogen) atoms. The van der Waals surface area contributed by atoms with Crippen LogP contribution in [0.4, 0.5) is 0 Å². The maximum absolute atomic E-state index is 13.2. The van der Waals surface area contributed by atoms with Gasteiger partial charge in [-0.05, 0) is 51.1 Å². The van der Waals surface area contributed by atoms with Gasteiger partial charge in [-0.2, -0.15) is 0 Å². The molecule has 4 aromatic carbocycles. The molecule has 2 nitrogen and oxygen atoms in total. The highest BCUT2D eigenvalue weighted by Crippen LogP contribution is 2.39. The molecule has 0 heterocycles. The molecule has 0 radical (unpaired) electrons. The van der Waals surface area contributed by atoms with Gasteiger partial charge >= 0.3 is 5.97 Å². The minimum absolute atomic E-state index is 0.225. The number of carbonyl (C=O) groups is 1. The number of esters is 1. The average molecular weight is 380 g/mol. The van der Waals surface area contributed by atoms with Crippen LogP contribution in [-0.2, 0) is 11.2 Å².